The van der Waals surface area contributed by atoms with Gasteiger partial charge in [-0.15, -0.1) is 11.6 Å². The number of aryl methyl sites for hydroxylation is 1. The second-order valence-electron chi connectivity index (χ2n) is 5.02. The summed E-state index contributed by atoms with van der Waals surface area (Å²) in [5, 5.41) is 2.77. The number of halogens is 3. The van der Waals surface area contributed by atoms with E-state index < -0.39 is 0 Å². The molecule has 1 atom stereocenters. The zero-order chi connectivity index (χ0) is 15.0. The van der Waals surface area contributed by atoms with Crippen molar-refractivity contribution in [3.63, 3.8) is 0 Å². The molecule has 0 amide bonds. The summed E-state index contributed by atoms with van der Waals surface area (Å²) >= 11 is 16.8. The van der Waals surface area contributed by atoms with E-state index in [1.54, 1.807) is 0 Å². The van der Waals surface area contributed by atoms with Crippen LogP contribution in [0.1, 0.15) is 22.1 Å². The van der Waals surface area contributed by atoms with Crippen LogP contribution in [0.2, 0.25) is 5.02 Å². The number of fused-ring (bicyclic) bond motifs is 1. The maximum atomic E-state index is 6.74. The molecule has 3 rings (SSSR count). The second kappa shape index (κ2) is 6.00. The van der Waals surface area contributed by atoms with Crippen LogP contribution in [0.5, 0.6) is 0 Å². The van der Waals surface area contributed by atoms with Crippen molar-refractivity contribution in [3.8, 4) is 0 Å². The Balaban J connectivity index is 2.21. The minimum atomic E-state index is -0.268. The zero-order valence-electron chi connectivity index (χ0n) is 11.4. The third kappa shape index (κ3) is 2.70. The highest BCUT2D eigenvalue weighted by Crippen LogP contribution is 2.39. The lowest BCUT2D eigenvalue weighted by Gasteiger charge is -2.16. The molecule has 0 radical (unpaired) electrons. The maximum Gasteiger partial charge on any atom is 0.0855 e. The number of hydrogen-bond donors (Lipinski definition) is 0. The van der Waals surface area contributed by atoms with Crippen LogP contribution < -0.4 is 0 Å². The molecule has 0 saturated carbocycles. The van der Waals surface area contributed by atoms with Crippen LogP contribution in [0, 0.1) is 6.92 Å². The van der Waals surface area contributed by atoms with Crippen molar-refractivity contribution in [2.75, 3.05) is 0 Å². The van der Waals surface area contributed by atoms with E-state index in [4.69, 9.17) is 23.2 Å². The van der Waals surface area contributed by atoms with Crippen LogP contribution in [0.4, 0.5) is 0 Å². The van der Waals surface area contributed by atoms with Crippen molar-refractivity contribution in [2.24, 2.45) is 0 Å². The molecule has 0 aliphatic heterocycles. The van der Waals surface area contributed by atoms with E-state index in [1.807, 2.05) is 43.3 Å². The van der Waals surface area contributed by atoms with Gasteiger partial charge in [-0.05, 0) is 40.5 Å². The van der Waals surface area contributed by atoms with E-state index in [9.17, 15) is 0 Å². The molecule has 1 unspecified atom stereocenters. The van der Waals surface area contributed by atoms with Crippen molar-refractivity contribution in [1.29, 1.82) is 0 Å². The molecule has 3 aromatic carbocycles. The number of rotatable bonds is 2. The summed E-state index contributed by atoms with van der Waals surface area (Å²) in [5.74, 6) is 0. The van der Waals surface area contributed by atoms with E-state index in [2.05, 4.69) is 34.1 Å². The molecule has 3 aromatic rings. The Bertz CT molecular complexity index is 811. The molecule has 21 heavy (non-hydrogen) atoms. The van der Waals surface area contributed by atoms with Crippen molar-refractivity contribution < 1.29 is 0 Å². The summed E-state index contributed by atoms with van der Waals surface area (Å²) in [6, 6.07) is 18.3. The van der Waals surface area contributed by atoms with Gasteiger partial charge >= 0.3 is 0 Å². The Hall–Kier alpha value is -1.02. The molecular weight excluding hydrogens is 367 g/mol. The smallest absolute Gasteiger partial charge is 0.0855 e. The Morgan fingerprint density at radius 1 is 0.857 bits per heavy atom. The Kier molecular flexibility index (Phi) is 4.26. The molecule has 3 heteroatoms. The average molecular weight is 380 g/mol. The lowest BCUT2D eigenvalue weighted by Crippen LogP contribution is -1.97. The summed E-state index contributed by atoms with van der Waals surface area (Å²) in [7, 11) is 0. The molecule has 0 nitrogen and oxygen atoms in total. The highest BCUT2D eigenvalue weighted by Gasteiger charge is 2.18. The van der Waals surface area contributed by atoms with Gasteiger partial charge in [-0.2, -0.15) is 0 Å². The minimum absolute atomic E-state index is 0.268. The van der Waals surface area contributed by atoms with Gasteiger partial charge in [-0.25, -0.2) is 0 Å². The first-order valence-corrected chi connectivity index (χ1v) is 8.26. The average Bonchev–Trinajstić information content (AvgIpc) is 2.50. The van der Waals surface area contributed by atoms with E-state index in [0.29, 0.717) is 0 Å². The third-order valence-electron chi connectivity index (χ3n) is 3.67. The number of hydrogen-bond acceptors (Lipinski definition) is 0. The first-order chi connectivity index (χ1) is 10.1. The van der Waals surface area contributed by atoms with Gasteiger partial charge < -0.3 is 0 Å². The van der Waals surface area contributed by atoms with Gasteiger partial charge in [0.2, 0.25) is 0 Å². The predicted molar refractivity (Wildman–Crippen MR) is 95.5 cm³/mol. The van der Waals surface area contributed by atoms with Gasteiger partial charge in [0.25, 0.3) is 0 Å². The predicted octanol–water partition coefficient (Wildman–Crippen LogP) is 6.89. The minimum Gasteiger partial charge on any atom is -0.113 e. The quantitative estimate of drug-likeness (QED) is 0.425. The maximum absolute atomic E-state index is 6.74. The van der Waals surface area contributed by atoms with Crippen LogP contribution >= 0.6 is 39.1 Å². The summed E-state index contributed by atoms with van der Waals surface area (Å²) in [4.78, 5) is 0. The molecule has 0 saturated heterocycles. The van der Waals surface area contributed by atoms with Crippen LogP contribution in [-0.2, 0) is 0 Å². The molecule has 0 aliphatic rings. The molecule has 0 bridgehead atoms. The molecule has 0 aromatic heterocycles. The van der Waals surface area contributed by atoms with Gasteiger partial charge in [0, 0.05) is 9.50 Å². The van der Waals surface area contributed by atoms with Crippen LogP contribution in [0.3, 0.4) is 0 Å². The lowest BCUT2D eigenvalue weighted by atomic mass is 9.97. The fourth-order valence-corrected chi connectivity index (χ4v) is 3.68. The topological polar surface area (TPSA) is 0 Å². The standard InChI is InChI=1S/C18H13BrCl2/c1-11-5-4-8-15(17(11)20)18(21)14-9-10-16(19)13-7-3-2-6-12(13)14/h2-10,18H,1H3. The molecule has 0 heterocycles. The monoisotopic (exact) mass is 378 g/mol. The fraction of sp³-hybridized carbons (Fsp3) is 0.111. The van der Waals surface area contributed by atoms with Crippen LogP contribution in [0.25, 0.3) is 10.8 Å². The van der Waals surface area contributed by atoms with Crippen LogP contribution in [-0.4, -0.2) is 0 Å². The van der Waals surface area contributed by atoms with E-state index in [-0.39, 0.29) is 5.38 Å². The first-order valence-electron chi connectivity index (χ1n) is 6.66. The Morgan fingerprint density at radius 3 is 2.33 bits per heavy atom. The van der Waals surface area contributed by atoms with Crippen LogP contribution in [0.15, 0.2) is 59.1 Å². The van der Waals surface area contributed by atoms with Gasteiger partial charge in [-0.1, -0.05) is 76.1 Å². The Morgan fingerprint density at radius 2 is 1.57 bits per heavy atom. The number of alkyl halides is 1. The molecular formula is C18H13BrCl2. The van der Waals surface area contributed by atoms with Crippen molar-refractivity contribution in [3.05, 3.63) is 80.8 Å². The largest absolute Gasteiger partial charge is 0.113 e. The second-order valence-corrected chi connectivity index (χ2v) is 6.69. The summed E-state index contributed by atoms with van der Waals surface area (Å²) in [5.41, 5.74) is 3.06. The summed E-state index contributed by atoms with van der Waals surface area (Å²) < 4.78 is 1.07. The molecule has 0 fully saturated rings. The Labute approximate surface area is 142 Å². The highest BCUT2D eigenvalue weighted by molar-refractivity contribution is 9.10. The SMILES string of the molecule is Cc1cccc(C(Cl)c2ccc(Br)c3ccccc23)c1Cl. The highest BCUT2D eigenvalue weighted by atomic mass is 79.9. The molecule has 0 spiro atoms. The lowest BCUT2D eigenvalue weighted by molar-refractivity contribution is 1.15. The number of benzene rings is 3. The van der Waals surface area contributed by atoms with Crippen molar-refractivity contribution in [2.45, 2.75) is 12.3 Å². The van der Waals surface area contributed by atoms with Gasteiger partial charge in [0.1, 0.15) is 0 Å². The van der Waals surface area contributed by atoms with Gasteiger partial charge in [0.15, 0.2) is 0 Å². The molecule has 0 aliphatic carbocycles. The molecule has 0 N–H and O–H groups in total. The van der Waals surface area contributed by atoms with E-state index in [0.717, 1.165) is 37.0 Å². The fourth-order valence-electron chi connectivity index (χ4n) is 2.54. The van der Waals surface area contributed by atoms with E-state index in [1.165, 1.54) is 0 Å². The molecule has 106 valence electrons. The zero-order valence-corrected chi connectivity index (χ0v) is 14.5. The summed E-state index contributed by atoms with van der Waals surface area (Å²) in [6.07, 6.45) is 0. The van der Waals surface area contributed by atoms with Crippen molar-refractivity contribution in [1.82, 2.24) is 0 Å². The first kappa shape index (κ1) is 14.9. The normalized spacial score (nSPS) is 12.6. The van der Waals surface area contributed by atoms with Crippen molar-refractivity contribution >= 4 is 49.9 Å². The van der Waals surface area contributed by atoms with Gasteiger partial charge in [-0.3, -0.25) is 0 Å². The third-order valence-corrected chi connectivity index (χ3v) is 5.35. The summed E-state index contributed by atoms with van der Waals surface area (Å²) in [6.45, 7) is 2.00. The van der Waals surface area contributed by atoms with Gasteiger partial charge in [0.05, 0.1) is 5.38 Å². The van der Waals surface area contributed by atoms with E-state index >= 15 is 0 Å².